The highest BCUT2D eigenvalue weighted by Crippen LogP contribution is 2.34. The molecule has 1 aliphatic carbocycles. The number of nitrogen functional groups attached to an aromatic ring is 1. The van der Waals surface area contributed by atoms with E-state index in [9.17, 15) is 0 Å². The molecule has 0 aromatic carbocycles. The molecule has 0 saturated carbocycles. The normalized spacial score (nSPS) is 16.8. The molecule has 0 aliphatic heterocycles. The van der Waals surface area contributed by atoms with E-state index in [1.807, 2.05) is 12.1 Å². The van der Waals surface area contributed by atoms with Gasteiger partial charge in [0.25, 0.3) is 0 Å². The third-order valence-electron chi connectivity index (χ3n) is 3.38. The smallest absolute Gasteiger partial charge is 0.480 e. The molecule has 20 heavy (non-hydrogen) atoms. The number of nitrogens with zero attached hydrogens (tertiary/aromatic N) is 2. The Hall–Kier alpha value is -2.12. The van der Waals surface area contributed by atoms with Gasteiger partial charge in [-0.15, -0.1) is 0 Å². The Morgan fingerprint density at radius 2 is 2.20 bits per heavy atom. The predicted molar refractivity (Wildman–Crippen MR) is 74.4 cm³/mol. The van der Waals surface area contributed by atoms with E-state index < -0.39 is 7.12 Å². The minimum atomic E-state index is -1.60. The molecule has 0 amide bonds. The molecule has 2 aromatic heterocycles. The third-order valence-corrected chi connectivity index (χ3v) is 3.38. The predicted octanol–water partition coefficient (Wildman–Crippen LogP) is -0.195. The lowest BCUT2D eigenvalue weighted by atomic mass is 9.81. The van der Waals surface area contributed by atoms with Crippen LogP contribution in [0.2, 0.25) is 0 Å². The van der Waals surface area contributed by atoms with Gasteiger partial charge in [-0.05, 0) is 30.5 Å². The minimum absolute atomic E-state index is 0.179. The summed E-state index contributed by atoms with van der Waals surface area (Å²) < 4.78 is 5.85. The monoisotopic (exact) mass is 271 g/mol. The standard InChI is InChI=1S/C13H14BN3O3/c15-13-11(6-9(7-17-13)14(18)19)20-10-4-3-8-2-1-5-16-12(8)10/h1-2,5-7,10,18-19H,3-4H2,(H2,15,17). The van der Waals surface area contributed by atoms with E-state index in [0.29, 0.717) is 5.75 Å². The van der Waals surface area contributed by atoms with Crippen LogP contribution in [-0.4, -0.2) is 27.1 Å². The van der Waals surface area contributed by atoms with Crippen LogP contribution in [0.1, 0.15) is 23.8 Å². The molecule has 0 saturated heterocycles. The molecule has 0 spiro atoms. The van der Waals surface area contributed by atoms with E-state index in [-0.39, 0.29) is 17.4 Å². The van der Waals surface area contributed by atoms with Gasteiger partial charge in [0.15, 0.2) is 11.6 Å². The van der Waals surface area contributed by atoms with Crippen LogP contribution >= 0.6 is 0 Å². The van der Waals surface area contributed by atoms with E-state index in [2.05, 4.69) is 9.97 Å². The number of aryl methyl sites for hydroxylation is 1. The maximum absolute atomic E-state index is 9.16. The Morgan fingerprint density at radius 1 is 1.35 bits per heavy atom. The molecule has 3 rings (SSSR count). The van der Waals surface area contributed by atoms with E-state index in [1.54, 1.807) is 6.20 Å². The molecule has 2 heterocycles. The molecule has 0 fully saturated rings. The zero-order valence-electron chi connectivity index (χ0n) is 10.7. The van der Waals surface area contributed by atoms with E-state index in [0.717, 1.165) is 18.5 Å². The van der Waals surface area contributed by atoms with Gasteiger partial charge < -0.3 is 20.5 Å². The molecule has 0 bridgehead atoms. The highest BCUT2D eigenvalue weighted by Gasteiger charge is 2.26. The van der Waals surface area contributed by atoms with Crippen molar-refractivity contribution in [3.8, 4) is 5.75 Å². The van der Waals surface area contributed by atoms with Crippen LogP contribution in [-0.2, 0) is 6.42 Å². The van der Waals surface area contributed by atoms with Gasteiger partial charge in [-0.25, -0.2) is 4.98 Å². The summed E-state index contributed by atoms with van der Waals surface area (Å²) in [5, 5.41) is 18.3. The van der Waals surface area contributed by atoms with Crippen molar-refractivity contribution in [2.75, 3.05) is 5.73 Å². The number of hydrogen-bond donors (Lipinski definition) is 3. The summed E-state index contributed by atoms with van der Waals surface area (Å²) in [6.07, 6.45) is 4.59. The fourth-order valence-corrected chi connectivity index (χ4v) is 2.35. The Labute approximate surface area is 116 Å². The molecule has 1 unspecified atom stereocenters. The first kappa shape index (κ1) is 12.9. The van der Waals surface area contributed by atoms with Crippen LogP contribution in [0.15, 0.2) is 30.6 Å². The first-order valence-corrected chi connectivity index (χ1v) is 6.37. The van der Waals surface area contributed by atoms with Crippen LogP contribution in [0.4, 0.5) is 5.82 Å². The number of fused-ring (bicyclic) bond motifs is 1. The van der Waals surface area contributed by atoms with E-state index >= 15 is 0 Å². The summed E-state index contributed by atoms with van der Waals surface area (Å²) in [6.45, 7) is 0. The third kappa shape index (κ3) is 2.33. The maximum atomic E-state index is 9.16. The molecule has 7 heteroatoms. The Kier molecular flexibility index (Phi) is 3.29. The second-order valence-corrected chi connectivity index (χ2v) is 4.72. The SMILES string of the molecule is Nc1ncc(B(O)O)cc1OC1CCc2cccnc21. The Bertz CT molecular complexity index is 636. The summed E-state index contributed by atoms with van der Waals surface area (Å²) >= 11 is 0. The molecule has 1 aliphatic rings. The van der Waals surface area contributed by atoms with Gasteiger partial charge in [0.1, 0.15) is 6.10 Å². The quantitative estimate of drug-likeness (QED) is 0.668. The van der Waals surface area contributed by atoms with Crippen molar-refractivity contribution in [3.63, 3.8) is 0 Å². The first-order chi connectivity index (χ1) is 9.65. The Balaban J connectivity index is 1.87. The van der Waals surface area contributed by atoms with Crippen molar-refractivity contribution in [2.45, 2.75) is 18.9 Å². The molecule has 2 aromatic rings. The van der Waals surface area contributed by atoms with Crippen molar-refractivity contribution in [1.82, 2.24) is 9.97 Å². The van der Waals surface area contributed by atoms with E-state index in [4.69, 9.17) is 20.5 Å². The molecule has 1 atom stereocenters. The number of hydrogen-bond acceptors (Lipinski definition) is 6. The number of aromatic nitrogens is 2. The van der Waals surface area contributed by atoms with E-state index in [1.165, 1.54) is 17.8 Å². The largest absolute Gasteiger partial charge is 0.490 e. The number of anilines is 1. The van der Waals surface area contributed by atoms with Crippen molar-refractivity contribution >= 4 is 18.4 Å². The maximum Gasteiger partial charge on any atom is 0.490 e. The molecule has 4 N–H and O–H groups in total. The first-order valence-electron chi connectivity index (χ1n) is 6.37. The molecule has 6 nitrogen and oxygen atoms in total. The zero-order chi connectivity index (χ0) is 14.1. The highest BCUT2D eigenvalue weighted by molar-refractivity contribution is 6.58. The molecule has 0 radical (unpaired) electrons. The van der Waals surface area contributed by atoms with Crippen molar-refractivity contribution in [3.05, 3.63) is 41.9 Å². The summed E-state index contributed by atoms with van der Waals surface area (Å²) in [7, 11) is -1.60. The minimum Gasteiger partial charge on any atom is -0.480 e. The second-order valence-electron chi connectivity index (χ2n) is 4.72. The van der Waals surface area contributed by atoms with Crippen molar-refractivity contribution < 1.29 is 14.8 Å². The van der Waals surface area contributed by atoms with Crippen LogP contribution < -0.4 is 15.9 Å². The van der Waals surface area contributed by atoms with Crippen molar-refractivity contribution in [2.24, 2.45) is 0 Å². The summed E-state index contributed by atoms with van der Waals surface area (Å²) in [5.41, 5.74) is 8.09. The number of pyridine rings is 2. The summed E-state index contributed by atoms with van der Waals surface area (Å²) in [6, 6.07) is 5.43. The van der Waals surface area contributed by atoms with Gasteiger partial charge in [-0.3, -0.25) is 4.98 Å². The summed E-state index contributed by atoms with van der Waals surface area (Å²) in [5.74, 6) is 0.567. The fourth-order valence-electron chi connectivity index (χ4n) is 2.35. The lowest BCUT2D eigenvalue weighted by molar-refractivity contribution is 0.204. The molecular formula is C13H14BN3O3. The molecule has 102 valence electrons. The number of nitrogens with two attached hydrogens (primary N) is 1. The van der Waals surface area contributed by atoms with Gasteiger partial charge >= 0.3 is 7.12 Å². The van der Waals surface area contributed by atoms with Crippen molar-refractivity contribution in [1.29, 1.82) is 0 Å². The van der Waals surface area contributed by atoms with Gasteiger partial charge in [0.2, 0.25) is 0 Å². The topological polar surface area (TPSA) is 101 Å². The fraction of sp³-hybridized carbons (Fsp3) is 0.231. The van der Waals surface area contributed by atoms with Gasteiger partial charge in [-0.2, -0.15) is 0 Å². The van der Waals surface area contributed by atoms with Gasteiger partial charge in [0.05, 0.1) is 5.69 Å². The zero-order valence-corrected chi connectivity index (χ0v) is 10.7. The van der Waals surface area contributed by atoms with Crippen LogP contribution in [0.3, 0.4) is 0 Å². The van der Waals surface area contributed by atoms with Gasteiger partial charge in [0, 0.05) is 17.9 Å². The van der Waals surface area contributed by atoms with Crippen LogP contribution in [0.25, 0.3) is 0 Å². The Morgan fingerprint density at radius 3 is 3.00 bits per heavy atom. The second kappa shape index (κ2) is 5.11. The number of ether oxygens (including phenoxy) is 1. The van der Waals surface area contributed by atoms with Gasteiger partial charge in [-0.1, -0.05) is 6.07 Å². The summed E-state index contributed by atoms with van der Waals surface area (Å²) in [4.78, 5) is 8.25. The van der Waals surface area contributed by atoms with Crippen LogP contribution in [0, 0.1) is 0 Å². The highest BCUT2D eigenvalue weighted by atomic mass is 16.5. The lowest BCUT2D eigenvalue weighted by Gasteiger charge is -2.15. The lowest BCUT2D eigenvalue weighted by Crippen LogP contribution is -2.30. The van der Waals surface area contributed by atoms with Crippen LogP contribution in [0.5, 0.6) is 5.75 Å². The number of rotatable bonds is 3. The molecular weight excluding hydrogens is 257 g/mol. The average molecular weight is 271 g/mol. The average Bonchev–Trinajstić information content (AvgIpc) is 2.84.